The highest BCUT2D eigenvalue weighted by molar-refractivity contribution is 4.96. The summed E-state index contributed by atoms with van der Waals surface area (Å²) in [6.45, 7) is 4.86. The second-order valence-electron chi connectivity index (χ2n) is 6.39. The number of nitrogens with two attached hydrogens (primary N) is 1. The van der Waals surface area contributed by atoms with E-state index in [9.17, 15) is 0 Å². The van der Waals surface area contributed by atoms with Gasteiger partial charge in [0.2, 0.25) is 0 Å². The van der Waals surface area contributed by atoms with Crippen LogP contribution in [0.5, 0.6) is 0 Å². The third-order valence-corrected chi connectivity index (χ3v) is 5.02. The third kappa shape index (κ3) is 2.38. The fourth-order valence-corrected chi connectivity index (χ4v) is 3.87. The SMILES string of the molecule is C[C@@H]1CC[C@H](C)CC2(CCC[C@H]2N)CC1. The largest absolute Gasteiger partial charge is 0.327 e. The average Bonchev–Trinajstić information content (AvgIpc) is 2.53. The van der Waals surface area contributed by atoms with Crippen LogP contribution in [0, 0.1) is 17.3 Å². The van der Waals surface area contributed by atoms with E-state index in [4.69, 9.17) is 5.73 Å². The van der Waals surface area contributed by atoms with E-state index in [1.54, 1.807) is 0 Å². The molecule has 0 bridgehead atoms. The first kappa shape index (κ1) is 11.4. The molecule has 0 aromatic carbocycles. The Morgan fingerprint density at radius 1 is 0.933 bits per heavy atom. The summed E-state index contributed by atoms with van der Waals surface area (Å²) in [6, 6.07) is 0.505. The van der Waals surface area contributed by atoms with Crippen molar-refractivity contribution in [2.75, 3.05) is 0 Å². The first-order valence-electron chi connectivity index (χ1n) is 6.88. The van der Waals surface area contributed by atoms with E-state index in [2.05, 4.69) is 13.8 Å². The molecule has 2 aliphatic rings. The molecular weight excluding hydrogens is 182 g/mol. The molecule has 2 fully saturated rings. The molecule has 0 heterocycles. The van der Waals surface area contributed by atoms with Crippen molar-refractivity contribution in [3.05, 3.63) is 0 Å². The van der Waals surface area contributed by atoms with Crippen LogP contribution >= 0.6 is 0 Å². The van der Waals surface area contributed by atoms with Gasteiger partial charge in [0, 0.05) is 6.04 Å². The molecule has 0 amide bonds. The highest BCUT2D eigenvalue weighted by atomic mass is 14.7. The Morgan fingerprint density at radius 2 is 1.67 bits per heavy atom. The van der Waals surface area contributed by atoms with Crippen molar-refractivity contribution in [1.82, 2.24) is 0 Å². The molecule has 0 aromatic rings. The molecule has 0 saturated heterocycles. The fraction of sp³-hybridized carbons (Fsp3) is 1.00. The zero-order valence-corrected chi connectivity index (χ0v) is 10.5. The maximum atomic E-state index is 6.37. The van der Waals surface area contributed by atoms with Gasteiger partial charge < -0.3 is 5.73 Å². The molecule has 2 aliphatic carbocycles. The molecule has 4 atom stereocenters. The monoisotopic (exact) mass is 209 g/mol. The molecule has 2 rings (SSSR count). The fourth-order valence-electron chi connectivity index (χ4n) is 3.87. The smallest absolute Gasteiger partial charge is 0.00956 e. The Balaban J connectivity index is 2.08. The molecule has 0 radical (unpaired) electrons. The zero-order chi connectivity index (χ0) is 10.9. The van der Waals surface area contributed by atoms with Gasteiger partial charge in [-0.25, -0.2) is 0 Å². The molecule has 0 aromatic heterocycles. The van der Waals surface area contributed by atoms with Crippen LogP contribution in [-0.2, 0) is 0 Å². The molecule has 88 valence electrons. The van der Waals surface area contributed by atoms with Gasteiger partial charge in [0.15, 0.2) is 0 Å². The van der Waals surface area contributed by atoms with Crippen molar-refractivity contribution in [1.29, 1.82) is 0 Å². The molecule has 0 aliphatic heterocycles. The predicted octanol–water partition coefficient (Wildman–Crippen LogP) is 3.72. The van der Waals surface area contributed by atoms with Crippen LogP contribution < -0.4 is 5.73 Å². The minimum Gasteiger partial charge on any atom is -0.327 e. The van der Waals surface area contributed by atoms with Gasteiger partial charge in [0.1, 0.15) is 0 Å². The van der Waals surface area contributed by atoms with E-state index in [0.717, 1.165) is 11.8 Å². The van der Waals surface area contributed by atoms with Gasteiger partial charge in [-0.3, -0.25) is 0 Å². The Bertz CT molecular complexity index is 213. The summed E-state index contributed by atoms with van der Waals surface area (Å²) in [7, 11) is 0. The molecule has 1 unspecified atom stereocenters. The molecule has 1 spiro atoms. The maximum absolute atomic E-state index is 6.37. The van der Waals surface area contributed by atoms with Gasteiger partial charge in [-0.2, -0.15) is 0 Å². The van der Waals surface area contributed by atoms with E-state index in [1.807, 2.05) is 0 Å². The Hall–Kier alpha value is -0.0400. The van der Waals surface area contributed by atoms with Crippen LogP contribution in [0.2, 0.25) is 0 Å². The van der Waals surface area contributed by atoms with Gasteiger partial charge in [-0.05, 0) is 42.9 Å². The van der Waals surface area contributed by atoms with E-state index in [1.165, 1.54) is 51.4 Å². The Kier molecular flexibility index (Phi) is 3.39. The quantitative estimate of drug-likeness (QED) is 0.646. The lowest BCUT2D eigenvalue weighted by Crippen LogP contribution is -2.39. The Morgan fingerprint density at radius 3 is 2.33 bits per heavy atom. The topological polar surface area (TPSA) is 26.0 Å². The van der Waals surface area contributed by atoms with Gasteiger partial charge in [-0.1, -0.05) is 39.5 Å². The van der Waals surface area contributed by atoms with Crippen LogP contribution in [0.15, 0.2) is 0 Å². The lowest BCUT2D eigenvalue weighted by atomic mass is 9.68. The minimum atomic E-state index is 0.505. The van der Waals surface area contributed by atoms with Gasteiger partial charge in [-0.15, -0.1) is 0 Å². The summed E-state index contributed by atoms with van der Waals surface area (Å²) < 4.78 is 0. The van der Waals surface area contributed by atoms with Crippen molar-refractivity contribution in [3.63, 3.8) is 0 Å². The standard InChI is InChI=1S/C14H27N/c1-11-5-6-12(2)10-14(9-7-11)8-3-4-13(14)15/h11-13H,3-10,15H2,1-2H3/t11-,12+,13-,14?/m1/s1. The first-order chi connectivity index (χ1) is 7.12. The van der Waals surface area contributed by atoms with E-state index < -0.39 is 0 Å². The normalized spacial score (nSPS) is 47.8. The maximum Gasteiger partial charge on any atom is 0.00956 e. The molecule has 2 saturated carbocycles. The van der Waals surface area contributed by atoms with Crippen molar-refractivity contribution < 1.29 is 0 Å². The third-order valence-electron chi connectivity index (χ3n) is 5.02. The lowest BCUT2D eigenvalue weighted by molar-refractivity contribution is 0.141. The second-order valence-corrected chi connectivity index (χ2v) is 6.39. The van der Waals surface area contributed by atoms with E-state index in [0.29, 0.717) is 11.5 Å². The molecule has 15 heavy (non-hydrogen) atoms. The van der Waals surface area contributed by atoms with Crippen LogP contribution in [0.3, 0.4) is 0 Å². The van der Waals surface area contributed by atoms with Crippen molar-refractivity contribution >= 4 is 0 Å². The van der Waals surface area contributed by atoms with Crippen LogP contribution in [0.4, 0.5) is 0 Å². The summed E-state index contributed by atoms with van der Waals surface area (Å²) >= 11 is 0. The Labute approximate surface area is 94.8 Å². The zero-order valence-electron chi connectivity index (χ0n) is 10.5. The van der Waals surface area contributed by atoms with Crippen LogP contribution in [0.1, 0.15) is 65.2 Å². The van der Waals surface area contributed by atoms with Gasteiger partial charge >= 0.3 is 0 Å². The van der Waals surface area contributed by atoms with Crippen molar-refractivity contribution in [2.45, 2.75) is 71.3 Å². The molecular formula is C14H27N. The van der Waals surface area contributed by atoms with Gasteiger partial charge in [0.25, 0.3) is 0 Å². The first-order valence-corrected chi connectivity index (χ1v) is 6.88. The highest BCUT2D eigenvalue weighted by Crippen LogP contribution is 2.48. The molecule has 1 heteroatoms. The summed E-state index contributed by atoms with van der Waals surface area (Å²) in [5, 5.41) is 0. The molecule has 2 N–H and O–H groups in total. The predicted molar refractivity (Wildman–Crippen MR) is 65.7 cm³/mol. The van der Waals surface area contributed by atoms with Crippen LogP contribution in [-0.4, -0.2) is 6.04 Å². The number of rotatable bonds is 0. The van der Waals surface area contributed by atoms with E-state index in [-0.39, 0.29) is 0 Å². The lowest BCUT2D eigenvalue weighted by Gasteiger charge is -2.39. The summed E-state index contributed by atoms with van der Waals surface area (Å²) in [4.78, 5) is 0. The van der Waals surface area contributed by atoms with Crippen molar-refractivity contribution in [2.24, 2.45) is 23.0 Å². The summed E-state index contributed by atoms with van der Waals surface area (Å²) in [5.41, 5.74) is 6.91. The summed E-state index contributed by atoms with van der Waals surface area (Å²) in [6.07, 6.45) is 11.2. The van der Waals surface area contributed by atoms with Crippen molar-refractivity contribution in [3.8, 4) is 0 Å². The number of hydrogen-bond acceptors (Lipinski definition) is 1. The average molecular weight is 209 g/mol. The van der Waals surface area contributed by atoms with Crippen LogP contribution in [0.25, 0.3) is 0 Å². The summed E-state index contributed by atoms with van der Waals surface area (Å²) in [5.74, 6) is 1.83. The highest BCUT2D eigenvalue weighted by Gasteiger charge is 2.41. The minimum absolute atomic E-state index is 0.505. The van der Waals surface area contributed by atoms with E-state index >= 15 is 0 Å². The van der Waals surface area contributed by atoms with Gasteiger partial charge in [0.05, 0.1) is 0 Å². The second kappa shape index (κ2) is 4.45. The molecule has 1 nitrogen and oxygen atoms in total. The number of hydrogen-bond donors (Lipinski definition) is 1.